The fourth-order valence-corrected chi connectivity index (χ4v) is 3.36. The number of aryl methyl sites for hydroxylation is 1. The van der Waals surface area contributed by atoms with Crippen LogP contribution in [0.5, 0.6) is 0 Å². The zero-order chi connectivity index (χ0) is 17.6. The number of nitrogens with one attached hydrogen (secondary N) is 1. The molecule has 0 saturated heterocycles. The van der Waals surface area contributed by atoms with Gasteiger partial charge in [-0.3, -0.25) is 9.89 Å². The van der Waals surface area contributed by atoms with Crippen LogP contribution in [0.25, 0.3) is 0 Å². The summed E-state index contributed by atoms with van der Waals surface area (Å²) in [4.78, 5) is 7.12. The van der Waals surface area contributed by atoms with Crippen molar-refractivity contribution in [2.75, 3.05) is 18.4 Å². The van der Waals surface area contributed by atoms with Crippen molar-refractivity contribution < 1.29 is 0 Å². The van der Waals surface area contributed by atoms with Crippen LogP contribution in [0.2, 0.25) is 0 Å². The lowest BCUT2D eigenvalue weighted by atomic mass is 9.98. The maximum Gasteiger partial charge on any atom is 0.193 e. The Morgan fingerprint density at radius 1 is 1.15 bits per heavy atom. The summed E-state index contributed by atoms with van der Waals surface area (Å²) >= 11 is 0. The number of anilines is 1. The van der Waals surface area contributed by atoms with Crippen LogP contribution in [0.15, 0.2) is 53.5 Å². The van der Waals surface area contributed by atoms with Crippen LogP contribution in [0.1, 0.15) is 30.0 Å². The minimum absolute atomic E-state index is 0. The van der Waals surface area contributed by atoms with E-state index in [1.807, 2.05) is 12.1 Å². The molecule has 3 rings (SSSR count). The molecule has 0 radical (unpaired) electrons. The monoisotopic (exact) mass is 464 g/mol. The Labute approximate surface area is 173 Å². The van der Waals surface area contributed by atoms with E-state index in [0.717, 1.165) is 38.2 Å². The zero-order valence-corrected chi connectivity index (χ0v) is 17.9. The van der Waals surface area contributed by atoms with Gasteiger partial charge in [0.15, 0.2) is 5.96 Å². The van der Waals surface area contributed by atoms with Gasteiger partial charge in [0.2, 0.25) is 0 Å². The quantitative estimate of drug-likeness (QED) is 0.397. The van der Waals surface area contributed by atoms with E-state index in [9.17, 15) is 0 Å². The van der Waals surface area contributed by atoms with Crippen LogP contribution in [0.4, 0.5) is 5.69 Å². The predicted octanol–water partition coefficient (Wildman–Crippen LogP) is 4.18. The van der Waals surface area contributed by atoms with E-state index in [1.54, 1.807) is 0 Å². The maximum absolute atomic E-state index is 6.07. The Kier molecular flexibility index (Phi) is 7.90. The highest BCUT2D eigenvalue weighted by molar-refractivity contribution is 14.0. The summed E-state index contributed by atoms with van der Waals surface area (Å²) in [5, 5.41) is 3.18. The number of benzene rings is 2. The van der Waals surface area contributed by atoms with E-state index in [-0.39, 0.29) is 24.0 Å². The summed E-state index contributed by atoms with van der Waals surface area (Å²) in [6.45, 7) is 7.13. The number of fused-ring (bicyclic) bond motifs is 1. The minimum atomic E-state index is 0. The summed E-state index contributed by atoms with van der Waals surface area (Å²) in [5.74, 6) is 0.486. The highest BCUT2D eigenvalue weighted by Crippen LogP contribution is 2.21. The van der Waals surface area contributed by atoms with Crippen LogP contribution in [-0.2, 0) is 13.0 Å². The van der Waals surface area contributed by atoms with E-state index in [4.69, 9.17) is 5.73 Å². The Bertz CT molecular complexity index is 727. The number of nitrogens with zero attached hydrogens (tertiary/aromatic N) is 2. The van der Waals surface area contributed by atoms with Crippen LogP contribution in [0.3, 0.4) is 0 Å². The van der Waals surface area contributed by atoms with E-state index < -0.39 is 0 Å². The first-order valence-corrected chi connectivity index (χ1v) is 9.10. The Balaban J connectivity index is 0.00000243. The second-order valence-corrected chi connectivity index (χ2v) is 6.77. The lowest BCUT2D eigenvalue weighted by Crippen LogP contribution is -2.41. The van der Waals surface area contributed by atoms with E-state index in [2.05, 4.69) is 65.5 Å². The van der Waals surface area contributed by atoms with Gasteiger partial charge in [-0.05, 0) is 43.0 Å². The van der Waals surface area contributed by atoms with E-state index in [0.29, 0.717) is 12.0 Å². The molecule has 1 aliphatic heterocycles. The number of halogens is 1. The molecule has 5 heteroatoms. The van der Waals surface area contributed by atoms with Gasteiger partial charge in [0.05, 0.1) is 6.54 Å². The summed E-state index contributed by atoms with van der Waals surface area (Å²) in [7, 11) is 0. The molecule has 0 bridgehead atoms. The number of nitrogens with two attached hydrogens (primary N) is 1. The minimum Gasteiger partial charge on any atom is -0.370 e. The van der Waals surface area contributed by atoms with Gasteiger partial charge in [0.1, 0.15) is 0 Å². The Morgan fingerprint density at radius 3 is 2.54 bits per heavy atom. The molecule has 1 atom stereocenters. The van der Waals surface area contributed by atoms with Gasteiger partial charge >= 0.3 is 0 Å². The Morgan fingerprint density at radius 2 is 1.85 bits per heavy atom. The van der Waals surface area contributed by atoms with Crippen molar-refractivity contribution in [1.29, 1.82) is 0 Å². The van der Waals surface area contributed by atoms with Gasteiger partial charge in [-0.1, -0.05) is 48.9 Å². The second kappa shape index (κ2) is 9.92. The molecule has 0 aromatic heterocycles. The number of rotatable bonds is 5. The van der Waals surface area contributed by atoms with Gasteiger partial charge in [-0.2, -0.15) is 0 Å². The molecular weight excluding hydrogens is 435 g/mol. The zero-order valence-electron chi connectivity index (χ0n) is 15.6. The molecule has 0 fully saturated rings. The number of hydrogen-bond acceptors (Lipinski definition) is 2. The van der Waals surface area contributed by atoms with E-state index >= 15 is 0 Å². The van der Waals surface area contributed by atoms with Gasteiger partial charge in [-0.15, -0.1) is 24.0 Å². The topological polar surface area (TPSA) is 53.6 Å². The molecule has 1 heterocycles. The van der Waals surface area contributed by atoms with Crippen molar-refractivity contribution >= 4 is 35.6 Å². The lowest BCUT2D eigenvalue weighted by molar-refractivity contribution is 0.178. The highest BCUT2D eigenvalue weighted by atomic mass is 127. The second-order valence-electron chi connectivity index (χ2n) is 6.77. The first-order valence-electron chi connectivity index (χ1n) is 9.10. The first-order chi connectivity index (χ1) is 12.2. The molecule has 2 aromatic rings. The van der Waals surface area contributed by atoms with E-state index in [1.165, 1.54) is 16.7 Å². The van der Waals surface area contributed by atoms with Crippen molar-refractivity contribution in [2.24, 2.45) is 10.7 Å². The molecule has 4 nitrogen and oxygen atoms in total. The largest absolute Gasteiger partial charge is 0.370 e. The van der Waals surface area contributed by atoms with Crippen molar-refractivity contribution in [3.8, 4) is 0 Å². The molecule has 1 aliphatic rings. The summed E-state index contributed by atoms with van der Waals surface area (Å²) < 4.78 is 0. The fraction of sp³-hybridized carbons (Fsp3) is 0.381. The average Bonchev–Trinajstić information content (AvgIpc) is 2.64. The number of aliphatic imine (C=N–C) groups is 1. The van der Waals surface area contributed by atoms with Crippen LogP contribution < -0.4 is 11.1 Å². The van der Waals surface area contributed by atoms with Gasteiger partial charge < -0.3 is 11.1 Å². The van der Waals surface area contributed by atoms with Gasteiger partial charge in [0, 0.05) is 24.8 Å². The SMILES string of the molecule is CCC(CN=C(N)Nc1ccc(C)cc1)N1CCc2ccccc2C1.I. The molecule has 3 N–H and O–H groups in total. The van der Waals surface area contributed by atoms with Crippen molar-refractivity contribution in [1.82, 2.24) is 4.90 Å². The lowest BCUT2D eigenvalue weighted by Gasteiger charge is -2.34. The molecule has 140 valence electrons. The average molecular weight is 464 g/mol. The Hall–Kier alpha value is -1.60. The molecule has 0 aliphatic carbocycles. The molecule has 26 heavy (non-hydrogen) atoms. The third-order valence-corrected chi connectivity index (χ3v) is 4.94. The molecule has 0 amide bonds. The van der Waals surface area contributed by atoms with Crippen LogP contribution >= 0.6 is 24.0 Å². The number of guanidine groups is 1. The van der Waals surface area contributed by atoms with Crippen LogP contribution in [-0.4, -0.2) is 30.0 Å². The third-order valence-electron chi connectivity index (χ3n) is 4.94. The highest BCUT2D eigenvalue weighted by Gasteiger charge is 2.21. The van der Waals surface area contributed by atoms with Crippen molar-refractivity contribution in [3.63, 3.8) is 0 Å². The van der Waals surface area contributed by atoms with Gasteiger partial charge in [0.25, 0.3) is 0 Å². The first kappa shape index (κ1) is 20.7. The smallest absolute Gasteiger partial charge is 0.193 e. The summed E-state index contributed by atoms with van der Waals surface area (Å²) in [5.41, 5.74) is 11.2. The summed E-state index contributed by atoms with van der Waals surface area (Å²) in [6, 6.07) is 17.4. The third kappa shape index (κ3) is 5.45. The molecular formula is C21H29IN4. The number of hydrogen-bond donors (Lipinski definition) is 2. The predicted molar refractivity (Wildman–Crippen MR) is 121 cm³/mol. The molecule has 1 unspecified atom stereocenters. The van der Waals surface area contributed by atoms with Crippen molar-refractivity contribution in [3.05, 3.63) is 65.2 Å². The van der Waals surface area contributed by atoms with Gasteiger partial charge in [-0.25, -0.2) is 0 Å². The summed E-state index contributed by atoms with van der Waals surface area (Å²) in [6.07, 6.45) is 2.19. The normalized spacial score (nSPS) is 15.7. The molecule has 0 saturated carbocycles. The molecule has 0 spiro atoms. The molecule has 2 aromatic carbocycles. The standard InChI is InChI=1S/C21H28N4.HI/c1-3-20(25-13-12-17-6-4-5-7-18(17)15-25)14-23-21(22)24-19-10-8-16(2)9-11-19;/h4-11,20H,3,12-15H2,1-2H3,(H3,22,23,24);1H. The van der Waals surface area contributed by atoms with Crippen LogP contribution in [0, 0.1) is 6.92 Å². The van der Waals surface area contributed by atoms with Crippen molar-refractivity contribution in [2.45, 2.75) is 39.3 Å². The fourth-order valence-electron chi connectivity index (χ4n) is 3.36. The maximum atomic E-state index is 6.07.